The molecular weight excluding hydrogens is 240 g/mol. The van der Waals surface area contributed by atoms with E-state index in [-0.39, 0.29) is 5.57 Å². The molecule has 0 heterocycles. The van der Waals surface area contributed by atoms with Gasteiger partial charge in [0.05, 0.1) is 21.3 Å². The summed E-state index contributed by atoms with van der Waals surface area (Å²) in [6, 6.07) is 0. The van der Waals surface area contributed by atoms with Crippen LogP contribution in [-0.4, -0.2) is 39.2 Å². The minimum absolute atomic E-state index is 0.109. The van der Waals surface area contributed by atoms with Crippen molar-refractivity contribution in [1.29, 1.82) is 0 Å². The van der Waals surface area contributed by atoms with Gasteiger partial charge >= 0.3 is 17.9 Å². The van der Waals surface area contributed by atoms with E-state index < -0.39 is 17.9 Å². The first-order valence-electron chi connectivity index (χ1n) is 4.69. The summed E-state index contributed by atoms with van der Waals surface area (Å²) in [6.07, 6.45) is 3.30. The number of allylic oxidation sites excluding steroid dienone is 2. The number of methoxy groups -OCH3 is 3. The fourth-order valence-corrected chi connectivity index (χ4v) is 0.712. The largest absolute Gasteiger partial charge is 0.466 e. The predicted octanol–water partition coefficient (Wildman–Crippen LogP) is -0.00860. The molecule has 0 bridgehead atoms. The second-order valence-corrected chi connectivity index (χ2v) is 2.72. The number of esters is 3. The summed E-state index contributed by atoms with van der Waals surface area (Å²) in [5.41, 5.74) is 0.109. The van der Waals surface area contributed by atoms with Gasteiger partial charge in [-0.05, 0) is 6.08 Å². The van der Waals surface area contributed by atoms with Crippen LogP contribution in [0.5, 0.6) is 0 Å². The SMILES string of the molecule is COC(=O)C#CC(/C=C/C(=O)OC)=C/C(=O)OC. The van der Waals surface area contributed by atoms with E-state index in [9.17, 15) is 14.4 Å². The van der Waals surface area contributed by atoms with E-state index in [1.54, 1.807) is 0 Å². The molecule has 0 aliphatic heterocycles. The molecule has 0 aliphatic carbocycles. The minimum atomic E-state index is -0.766. The third-order valence-electron chi connectivity index (χ3n) is 1.57. The van der Waals surface area contributed by atoms with Crippen LogP contribution in [0, 0.1) is 11.8 Å². The fraction of sp³-hybridized carbons (Fsp3) is 0.250. The average Bonchev–Trinajstić information content (AvgIpc) is 2.40. The van der Waals surface area contributed by atoms with Gasteiger partial charge in [0.2, 0.25) is 0 Å². The molecule has 0 spiro atoms. The number of carbonyl (C=O) groups is 3. The van der Waals surface area contributed by atoms with Crippen LogP contribution < -0.4 is 0 Å². The van der Waals surface area contributed by atoms with Crippen molar-refractivity contribution in [1.82, 2.24) is 0 Å². The molecule has 0 atom stereocenters. The molecule has 0 radical (unpaired) electrons. The van der Waals surface area contributed by atoms with Crippen LogP contribution in [0.25, 0.3) is 0 Å². The van der Waals surface area contributed by atoms with Gasteiger partial charge in [0.1, 0.15) is 0 Å². The molecule has 0 fully saturated rings. The Morgan fingerprint density at radius 3 is 1.94 bits per heavy atom. The van der Waals surface area contributed by atoms with E-state index in [0.717, 1.165) is 12.2 Å². The quantitative estimate of drug-likeness (QED) is 0.175. The van der Waals surface area contributed by atoms with Gasteiger partial charge in [-0.3, -0.25) is 0 Å². The number of rotatable bonds is 3. The summed E-state index contributed by atoms with van der Waals surface area (Å²) in [4.78, 5) is 32.7. The summed E-state index contributed by atoms with van der Waals surface area (Å²) in [5, 5.41) is 0. The summed E-state index contributed by atoms with van der Waals surface area (Å²) in [7, 11) is 3.57. The first-order chi connectivity index (χ1) is 8.53. The highest BCUT2D eigenvalue weighted by Crippen LogP contribution is 1.97. The van der Waals surface area contributed by atoms with Crippen LogP contribution in [0.1, 0.15) is 0 Å². The molecular formula is C12H12O6. The lowest BCUT2D eigenvalue weighted by Crippen LogP contribution is -1.98. The molecule has 0 saturated heterocycles. The van der Waals surface area contributed by atoms with Crippen LogP contribution >= 0.6 is 0 Å². The smallest absolute Gasteiger partial charge is 0.384 e. The lowest BCUT2D eigenvalue weighted by atomic mass is 10.2. The first-order valence-corrected chi connectivity index (χ1v) is 4.69. The Morgan fingerprint density at radius 2 is 1.44 bits per heavy atom. The topological polar surface area (TPSA) is 78.9 Å². The molecule has 96 valence electrons. The number of carbonyl (C=O) groups excluding carboxylic acids is 3. The molecule has 0 saturated carbocycles. The Hall–Kier alpha value is -2.55. The van der Waals surface area contributed by atoms with Crippen LogP contribution in [0.4, 0.5) is 0 Å². The van der Waals surface area contributed by atoms with Crippen molar-refractivity contribution < 1.29 is 28.6 Å². The number of ether oxygens (including phenoxy) is 3. The van der Waals surface area contributed by atoms with Gasteiger partial charge in [0.25, 0.3) is 0 Å². The van der Waals surface area contributed by atoms with Gasteiger partial charge in [0, 0.05) is 23.6 Å². The Morgan fingerprint density at radius 1 is 0.833 bits per heavy atom. The molecule has 6 heteroatoms. The van der Waals surface area contributed by atoms with Crippen molar-refractivity contribution in [2.75, 3.05) is 21.3 Å². The molecule has 0 aliphatic rings. The van der Waals surface area contributed by atoms with Gasteiger partial charge < -0.3 is 14.2 Å². The van der Waals surface area contributed by atoms with E-state index in [2.05, 4.69) is 26.1 Å². The molecule has 18 heavy (non-hydrogen) atoms. The lowest BCUT2D eigenvalue weighted by Gasteiger charge is -1.93. The van der Waals surface area contributed by atoms with Crippen molar-refractivity contribution >= 4 is 17.9 Å². The summed E-state index contributed by atoms with van der Waals surface area (Å²) >= 11 is 0. The normalized spacial score (nSPS) is 10.3. The van der Waals surface area contributed by atoms with Crippen LogP contribution in [0.3, 0.4) is 0 Å². The van der Waals surface area contributed by atoms with Gasteiger partial charge in [-0.2, -0.15) is 0 Å². The van der Waals surface area contributed by atoms with Gasteiger partial charge in [-0.15, -0.1) is 0 Å². The van der Waals surface area contributed by atoms with Gasteiger partial charge in [-0.1, -0.05) is 5.92 Å². The van der Waals surface area contributed by atoms with Crippen molar-refractivity contribution in [2.45, 2.75) is 0 Å². The fourth-order valence-electron chi connectivity index (χ4n) is 0.712. The number of hydrogen-bond donors (Lipinski definition) is 0. The van der Waals surface area contributed by atoms with Gasteiger partial charge in [-0.25, -0.2) is 14.4 Å². The van der Waals surface area contributed by atoms with Gasteiger partial charge in [0.15, 0.2) is 0 Å². The zero-order chi connectivity index (χ0) is 14.0. The zero-order valence-electron chi connectivity index (χ0n) is 10.2. The predicted molar refractivity (Wildman–Crippen MR) is 61.0 cm³/mol. The molecule has 0 amide bonds. The second kappa shape index (κ2) is 8.58. The Kier molecular flexibility index (Phi) is 7.37. The molecule has 6 nitrogen and oxygen atoms in total. The van der Waals surface area contributed by atoms with Crippen molar-refractivity contribution in [3.63, 3.8) is 0 Å². The highest BCUT2D eigenvalue weighted by atomic mass is 16.5. The second-order valence-electron chi connectivity index (χ2n) is 2.72. The molecule has 0 aromatic carbocycles. The maximum Gasteiger partial charge on any atom is 0.384 e. The Labute approximate surface area is 104 Å². The molecule has 0 rings (SSSR count). The molecule has 0 unspecified atom stereocenters. The van der Waals surface area contributed by atoms with Crippen LogP contribution in [0.15, 0.2) is 23.8 Å². The van der Waals surface area contributed by atoms with Crippen molar-refractivity contribution in [2.24, 2.45) is 0 Å². The van der Waals surface area contributed by atoms with E-state index in [0.29, 0.717) is 0 Å². The van der Waals surface area contributed by atoms with E-state index in [1.165, 1.54) is 27.4 Å². The molecule has 0 aromatic rings. The van der Waals surface area contributed by atoms with Crippen LogP contribution in [0.2, 0.25) is 0 Å². The standard InChI is InChI=1S/C12H12O6/c1-16-10(13)6-4-9(8-12(15)18-3)5-7-11(14)17-2/h4,6,8H,1-3H3/b6-4+,9-8+. The monoisotopic (exact) mass is 252 g/mol. The van der Waals surface area contributed by atoms with Crippen molar-refractivity contribution in [3.05, 3.63) is 23.8 Å². The molecule has 0 aromatic heterocycles. The third kappa shape index (κ3) is 6.85. The minimum Gasteiger partial charge on any atom is -0.466 e. The van der Waals surface area contributed by atoms with E-state index in [4.69, 9.17) is 0 Å². The zero-order valence-corrected chi connectivity index (χ0v) is 10.2. The highest BCUT2D eigenvalue weighted by molar-refractivity contribution is 5.91. The maximum atomic E-state index is 11.0. The molecule has 0 N–H and O–H groups in total. The van der Waals surface area contributed by atoms with Crippen LogP contribution in [-0.2, 0) is 28.6 Å². The first kappa shape index (κ1) is 15.4. The Bertz CT molecular complexity index is 447. The summed E-state index contributed by atoms with van der Waals surface area (Å²) in [5.74, 6) is 2.42. The Balaban J connectivity index is 5.05. The van der Waals surface area contributed by atoms with Crippen molar-refractivity contribution in [3.8, 4) is 11.8 Å². The summed E-state index contributed by atoms with van der Waals surface area (Å²) < 4.78 is 13.1. The maximum absolute atomic E-state index is 11.0. The third-order valence-corrected chi connectivity index (χ3v) is 1.57. The summed E-state index contributed by atoms with van der Waals surface area (Å²) in [6.45, 7) is 0. The average molecular weight is 252 g/mol. The lowest BCUT2D eigenvalue weighted by molar-refractivity contribution is -0.135. The number of hydrogen-bond acceptors (Lipinski definition) is 6. The van der Waals surface area contributed by atoms with E-state index in [1.807, 2.05) is 0 Å². The highest BCUT2D eigenvalue weighted by Gasteiger charge is 1.99. The van der Waals surface area contributed by atoms with E-state index >= 15 is 0 Å².